The SMILES string of the molecule is O=C1OC2(CCN(c3ccc(OCCCN4CCCCC4)cc3)CC2)CN1c1ccc(F)cc1. The largest absolute Gasteiger partial charge is 0.494 e. The number of ether oxygens (including phenoxy) is 2. The molecule has 3 heterocycles. The normalized spacial score (nSPS) is 20.6. The molecule has 0 aliphatic carbocycles. The summed E-state index contributed by atoms with van der Waals surface area (Å²) in [5.41, 5.74) is 1.37. The summed E-state index contributed by atoms with van der Waals surface area (Å²) in [6.45, 7) is 6.48. The highest BCUT2D eigenvalue weighted by Gasteiger charge is 2.47. The van der Waals surface area contributed by atoms with Crippen LogP contribution >= 0.6 is 0 Å². The number of carbonyl (C=O) groups is 1. The Bertz CT molecular complexity index is 952. The smallest absolute Gasteiger partial charge is 0.415 e. The van der Waals surface area contributed by atoms with Gasteiger partial charge in [0.05, 0.1) is 13.2 Å². The Hall–Kier alpha value is -2.80. The van der Waals surface area contributed by atoms with Crippen molar-refractivity contribution in [3.8, 4) is 5.75 Å². The van der Waals surface area contributed by atoms with Crippen molar-refractivity contribution in [2.75, 3.05) is 55.7 Å². The number of likely N-dealkylation sites (tertiary alicyclic amines) is 1. The van der Waals surface area contributed by atoms with Gasteiger partial charge in [0.15, 0.2) is 0 Å². The molecular formula is C27H34FN3O3. The Kier molecular flexibility index (Phi) is 6.90. The van der Waals surface area contributed by atoms with Gasteiger partial charge in [-0.3, -0.25) is 4.90 Å². The zero-order valence-electron chi connectivity index (χ0n) is 19.8. The van der Waals surface area contributed by atoms with E-state index >= 15 is 0 Å². The van der Waals surface area contributed by atoms with Crippen LogP contribution in [-0.2, 0) is 4.74 Å². The molecule has 34 heavy (non-hydrogen) atoms. The van der Waals surface area contributed by atoms with Crippen molar-refractivity contribution in [3.63, 3.8) is 0 Å². The van der Waals surface area contributed by atoms with Crippen molar-refractivity contribution < 1.29 is 18.7 Å². The van der Waals surface area contributed by atoms with E-state index in [1.807, 2.05) is 12.1 Å². The molecule has 3 saturated heterocycles. The van der Waals surface area contributed by atoms with Gasteiger partial charge in [-0.2, -0.15) is 0 Å². The fourth-order valence-corrected chi connectivity index (χ4v) is 5.29. The molecule has 0 atom stereocenters. The third kappa shape index (κ3) is 5.30. The number of hydrogen-bond acceptors (Lipinski definition) is 5. The number of hydrogen-bond donors (Lipinski definition) is 0. The van der Waals surface area contributed by atoms with Crippen LogP contribution in [0.2, 0.25) is 0 Å². The van der Waals surface area contributed by atoms with Crippen LogP contribution in [0.1, 0.15) is 38.5 Å². The summed E-state index contributed by atoms with van der Waals surface area (Å²) in [4.78, 5) is 19.0. The minimum atomic E-state index is -0.473. The quantitative estimate of drug-likeness (QED) is 0.532. The van der Waals surface area contributed by atoms with E-state index in [4.69, 9.17) is 9.47 Å². The first-order valence-electron chi connectivity index (χ1n) is 12.6. The first kappa shape index (κ1) is 23.0. The minimum Gasteiger partial charge on any atom is -0.494 e. The van der Waals surface area contributed by atoms with Gasteiger partial charge in [-0.05, 0) is 80.9 Å². The molecule has 2 aromatic carbocycles. The molecule has 5 rings (SSSR count). The highest BCUT2D eigenvalue weighted by molar-refractivity contribution is 5.90. The molecular weight excluding hydrogens is 433 g/mol. The average Bonchev–Trinajstić information content (AvgIpc) is 3.19. The molecule has 182 valence electrons. The fourth-order valence-electron chi connectivity index (χ4n) is 5.29. The summed E-state index contributed by atoms with van der Waals surface area (Å²) in [7, 11) is 0. The molecule has 0 unspecified atom stereocenters. The maximum absolute atomic E-state index is 13.2. The number of piperidine rings is 2. The van der Waals surface area contributed by atoms with Gasteiger partial charge < -0.3 is 19.3 Å². The number of carbonyl (C=O) groups excluding carboxylic acids is 1. The summed E-state index contributed by atoms with van der Waals surface area (Å²) in [5, 5.41) is 0. The van der Waals surface area contributed by atoms with Crippen LogP contribution in [0.25, 0.3) is 0 Å². The Balaban J connectivity index is 1.09. The van der Waals surface area contributed by atoms with E-state index in [0.717, 1.165) is 56.9 Å². The maximum atomic E-state index is 13.2. The lowest BCUT2D eigenvalue weighted by molar-refractivity contribution is 0.0367. The Morgan fingerprint density at radius 1 is 0.882 bits per heavy atom. The summed E-state index contributed by atoms with van der Waals surface area (Å²) < 4.78 is 25.0. The second kappa shape index (κ2) is 10.2. The summed E-state index contributed by atoms with van der Waals surface area (Å²) in [6.07, 6.45) is 6.28. The van der Waals surface area contributed by atoms with Gasteiger partial charge in [0.25, 0.3) is 0 Å². The van der Waals surface area contributed by atoms with Crippen molar-refractivity contribution >= 4 is 17.5 Å². The molecule has 7 heteroatoms. The number of halogens is 1. The lowest BCUT2D eigenvalue weighted by Gasteiger charge is -2.38. The summed E-state index contributed by atoms with van der Waals surface area (Å²) >= 11 is 0. The Morgan fingerprint density at radius 3 is 2.26 bits per heavy atom. The summed E-state index contributed by atoms with van der Waals surface area (Å²) in [5.74, 6) is 0.601. The number of rotatable bonds is 7. The number of anilines is 2. The van der Waals surface area contributed by atoms with Crippen LogP contribution < -0.4 is 14.5 Å². The first-order chi connectivity index (χ1) is 16.6. The van der Waals surface area contributed by atoms with Crippen molar-refractivity contribution in [1.82, 2.24) is 4.90 Å². The molecule has 0 N–H and O–H groups in total. The van der Waals surface area contributed by atoms with Crippen LogP contribution in [-0.4, -0.2) is 62.5 Å². The standard InChI is InChI=1S/C27H34FN3O3/c28-22-5-7-24(8-6-22)31-21-27(34-26(31)32)13-18-30(19-14-27)23-9-11-25(12-10-23)33-20-4-17-29-15-2-1-3-16-29/h5-12H,1-4,13-21H2. The number of amides is 1. The van der Waals surface area contributed by atoms with Crippen molar-refractivity contribution in [3.05, 3.63) is 54.3 Å². The molecule has 6 nitrogen and oxygen atoms in total. The van der Waals surface area contributed by atoms with Gasteiger partial charge in [-0.25, -0.2) is 9.18 Å². The number of benzene rings is 2. The van der Waals surface area contributed by atoms with Crippen molar-refractivity contribution in [2.45, 2.75) is 44.1 Å². The van der Waals surface area contributed by atoms with Gasteiger partial charge in [-0.15, -0.1) is 0 Å². The average molecular weight is 468 g/mol. The topological polar surface area (TPSA) is 45.2 Å². The zero-order valence-corrected chi connectivity index (χ0v) is 19.8. The van der Waals surface area contributed by atoms with Crippen LogP contribution in [0.5, 0.6) is 5.75 Å². The van der Waals surface area contributed by atoms with E-state index in [2.05, 4.69) is 21.9 Å². The Labute approximate surface area is 201 Å². The predicted molar refractivity (Wildman–Crippen MR) is 131 cm³/mol. The number of nitrogens with zero attached hydrogens (tertiary/aromatic N) is 3. The van der Waals surface area contributed by atoms with Gasteiger partial charge >= 0.3 is 6.09 Å². The minimum absolute atomic E-state index is 0.312. The third-order valence-electron chi connectivity index (χ3n) is 7.32. The van der Waals surface area contributed by atoms with Gasteiger partial charge in [-0.1, -0.05) is 6.42 Å². The molecule has 0 bridgehead atoms. The van der Waals surface area contributed by atoms with E-state index in [0.29, 0.717) is 12.2 Å². The molecule has 0 saturated carbocycles. The van der Waals surface area contributed by atoms with Crippen LogP contribution in [0.4, 0.5) is 20.6 Å². The van der Waals surface area contributed by atoms with Crippen LogP contribution in [0.3, 0.4) is 0 Å². The fraction of sp³-hybridized carbons (Fsp3) is 0.519. The van der Waals surface area contributed by atoms with E-state index in [1.54, 1.807) is 17.0 Å². The third-order valence-corrected chi connectivity index (χ3v) is 7.32. The summed E-state index contributed by atoms with van der Waals surface area (Å²) in [6, 6.07) is 14.3. The van der Waals surface area contributed by atoms with Crippen molar-refractivity contribution in [2.24, 2.45) is 0 Å². The van der Waals surface area contributed by atoms with E-state index < -0.39 is 5.60 Å². The molecule has 3 fully saturated rings. The predicted octanol–water partition coefficient (Wildman–Crippen LogP) is 5.08. The highest BCUT2D eigenvalue weighted by atomic mass is 19.1. The molecule has 0 aromatic heterocycles. The lowest BCUT2D eigenvalue weighted by atomic mass is 9.91. The van der Waals surface area contributed by atoms with E-state index in [9.17, 15) is 9.18 Å². The van der Waals surface area contributed by atoms with Gasteiger partial charge in [0.2, 0.25) is 0 Å². The van der Waals surface area contributed by atoms with Crippen molar-refractivity contribution in [1.29, 1.82) is 0 Å². The Morgan fingerprint density at radius 2 is 1.56 bits per heavy atom. The van der Waals surface area contributed by atoms with Gasteiger partial charge in [0.1, 0.15) is 17.2 Å². The first-order valence-corrected chi connectivity index (χ1v) is 12.6. The van der Waals surface area contributed by atoms with Crippen LogP contribution in [0.15, 0.2) is 48.5 Å². The highest BCUT2D eigenvalue weighted by Crippen LogP contribution is 2.37. The zero-order chi connectivity index (χ0) is 23.4. The second-order valence-electron chi connectivity index (χ2n) is 9.70. The molecule has 1 amide bonds. The monoisotopic (exact) mass is 467 g/mol. The van der Waals surface area contributed by atoms with Crippen LogP contribution in [0, 0.1) is 5.82 Å². The molecule has 1 spiro atoms. The molecule has 3 aliphatic rings. The van der Waals surface area contributed by atoms with E-state index in [1.165, 1.54) is 44.5 Å². The second-order valence-corrected chi connectivity index (χ2v) is 9.70. The maximum Gasteiger partial charge on any atom is 0.415 e. The molecule has 0 radical (unpaired) electrons. The lowest BCUT2D eigenvalue weighted by Crippen LogP contribution is -2.47. The van der Waals surface area contributed by atoms with E-state index in [-0.39, 0.29) is 11.9 Å². The molecule has 3 aliphatic heterocycles. The molecule has 2 aromatic rings. The van der Waals surface area contributed by atoms with Gasteiger partial charge in [0, 0.05) is 43.9 Å².